The van der Waals surface area contributed by atoms with Gasteiger partial charge in [-0.05, 0) is 30.3 Å². The van der Waals surface area contributed by atoms with Crippen LogP contribution in [0.3, 0.4) is 0 Å². The molecule has 29 heavy (non-hydrogen) atoms. The molecule has 5 rings (SSSR count). The number of aromatic nitrogens is 4. The summed E-state index contributed by atoms with van der Waals surface area (Å²) in [6.07, 6.45) is 5.40. The molecule has 1 saturated heterocycles. The van der Waals surface area contributed by atoms with Crippen LogP contribution in [0.1, 0.15) is 11.6 Å². The summed E-state index contributed by atoms with van der Waals surface area (Å²) >= 11 is 0. The van der Waals surface area contributed by atoms with Crippen LogP contribution < -0.4 is 9.80 Å². The van der Waals surface area contributed by atoms with E-state index in [1.54, 1.807) is 12.4 Å². The maximum Gasteiger partial charge on any atom is 0.129 e. The highest BCUT2D eigenvalue weighted by Gasteiger charge is 2.32. The molecule has 1 aliphatic rings. The van der Waals surface area contributed by atoms with E-state index in [9.17, 15) is 0 Å². The Morgan fingerprint density at radius 1 is 0.897 bits per heavy atom. The number of hydrogen-bond acceptors (Lipinski definition) is 6. The Bertz CT molecular complexity index is 1150. The topological polar surface area (TPSA) is 58.0 Å². The van der Waals surface area contributed by atoms with E-state index >= 15 is 0 Å². The number of pyridine rings is 2. The van der Waals surface area contributed by atoms with Crippen LogP contribution in [0.15, 0.2) is 67.1 Å². The van der Waals surface area contributed by atoms with Crippen LogP contribution in [0, 0.1) is 0 Å². The van der Waals surface area contributed by atoms with Crippen LogP contribution in [-0.4, -0.2) is 47.1 Å². The van der Waals surface area contributed by atoms with Crippen LogP contribution in [0.5, 0.6) is 0 Å². The second-order valence-corrected chi connectivity index (χ2v) is 7.55. The summed E-state index contributed by atoms with van der Waals surface area (Å²) in [6.45, 7) is 1.78. The Hall–Kier alpha value is -3.54. The highest BCUT2D eigenvalue weighted by molar-refractivity contribution is 5.80. The lowest BCUT2D eigenvalue weighted by Crippen LogP contribution is -2.46. The number of benzene rings is 1. The van der Waals surface area contributed by atoms with Crippen LogP contribution in [0.2, 0.25) is 0 Å². The molecule has 1 aliphatic heterocycles. The quantitative estimate of drug-likeness (QED) is 0.536. The third kappa shape index (κ3) is 3.27. The summed E-state index contributed by atoms with van der Waals surface area (Å²) in [6, 6.07) is 16.5. The zero-order valence-corrected chi connectivity index (χ0v) is 16.5. The highest BCUT2D eigenvalue weighted by Crippen LogP contribution is 2.34. The van der Waals surface area contributed by atoms with E-state index in [1.165, 1.54) is 5.39 Å². The third-order valence-electron chi connectivity index (χ3n) is 5.38. The van der Waals surface area contributed by atoms with Crippen molar-refractivity contribution in [3.8, 4) is 11.3 Å². The molecule has 0 atom stereocenters. The molecule has 4 aromatic rings. The van der Waals surface area contributed by atoms with Gasteiger partial charge in [0.25, 0.3) is 0 Å². The van der Waals surface area contributed by atoms with Gasteiger partial charge in [0.15, 0.2) is 0 Å². The number of rotatable bonds is 4. The zero-order valence-electron chi connectivity index (χ0n) is 16.5. The first-order valence-corrected chi connectivity index (χ1v) is 9.74. The van der Waals surface area contributed by atoms with Crippen molar-refractivity contribution in [2.45, 2.75) is 5.92 Å². The van der Waals surface area contributed by atoms with Gasteiger partial charge < -0.3 is 9.80 Å². The van der Waals surface area contributed by atoms with E-state index in [1.807, 2.05) is 43.4 Å². The predicted molar refractivity (Wildman–Crippen MR) is 116 cm³/mol. The van der Waals surface area contributed by atoms with E-state index in [4.69, 9.17) is 4.98 Å². The monoisotopic (exact) mass is 382 g/mol. The van der Waals surface area contributed by atoms with Gasteiger partial charge in [0.2, 0.25) is 0 Å². The Balaban J connectivity index is 1.37. The highest BCUT2D eigenvalue weighted by atomic mass is 15.2. The smallest absolute Gasteiger partial charge is 0.129 e. The summed E-state index contributed by atoms with van der Waals surface area (Å²) in [4.78, 5) is 22.9. The van der Waals surface area contributed by atoms with Crippen molar-refractivity contribution in [2.75, 3.05) is 37.0 Å². The summed E-state index contributed by atoms with van der Waals surface area (Å²) in [5.41, 5.74) is 3.98. The first-order valence-electron chi connectivity index (χ1n) is 9.74. The van der Waals surface area contributed by atoms with Crippen molar-refractivity contribution >= 4 is 22.5 Å². The first-order chi connectivity index (χ1) is 14.2. The fourth-order valence-electron chi connectivity index (χ4n) is 3.73. The van der Waals surface area contributed by atoms with Crippen molar-refractivity contribution in [1.29, 1.82) is 0 Å². The van der Waals surface area contributed by atoms with Crippen molar-refractivity contribution in [2.24, 2.45) is 0 Å². The summed E-state index contributed by atoms with van der Waals surface area (Å²) in [5.74, 6) is 2.28. The second kappa shape index (κ2) is 7.13. The maximum atomic E-state index is 4.81. The molecule has 1 aromatic carbocycles. The van der Waals surface area contributed by atoms with Gasteiger partial charge in [0.1, 0.15) is 11.6 Å². The summed E-state index contributed by atoms with van der Waals surface area (Å²) < 4.78 is 0. The molecular weight excluding hydrogens is 360 g/mol. The predicted octanol–water partition coefficient (Wildman–Crippen LogP) is 3.76. The molecule has 144 valence electrons. The van der Waals surface area contributed by atoms with Crippen LogP contribution in [0.25, 0.3) is 22.2 Å². The van der Waals surface area contributed by atoms with Crippen molar-refractivity contribution in [3.63, 3.8) is 0 Å². The fourth-order valence-corrected chi connectivity index (χ4v) is 3.73. The number of hydrogen-bond donors (Lipinski definition) is 0. The van der Waals surface area contributed by atoms with E-state index < -0.39 is 0 Å². The third-order valence-corrected chi connectivity index (χ3v) is 5.38. The van der Waals surface area contributed by atoms with Gasteiger partial charge in [0.05, 0.1) is 16.9 Å². The van der Waals surface area contributed by atoms with E-state index in [2.05, 4.69) is 50.2 Å². The van der Waals surface area contributed by atoms with E-state index in [0.717, 1.165) is 47.2 Å². The number of anilines is 2. The first kappa shape index (κ1) is 17.6. The van der Waals surface area contributed by atoms with Crippen molar-refractivity contribution in [1.82, 2.24) is 19.9 Å². The van der Waals surface area contributed by atoms with Gasteiger partial charge >= 0.3 is 0 Å². The summed E-state index contributed by atoms with van der Waals surface area (Å²) in [7, 11) is 3.97. The number of para-hydroxylation sites is 1. The molecule has 0 unspecified atom stereocenters. The molecule has 0 bridgehead atoms. The van der Waals surface area contributed by atoms with Crippen LogP contribution in [-0.2, 0) is 0 Å². The SMILES string of the molecule is CN(C)c1ccc(-c2nccnc2C2CN(c3ccc4ccccc4n3)C2)cn1. The molecule has 6 nitrogen and oxygen atoms in total. The molecule has 1 fully saturated rings. The van der Waals surface area contributed by atoms with Crippen molar-refractivity contribution in [3.05, 3.63) is 72.8 Å². The Morgan fingerprint density at radius 3 is 2.52 bits per heavy atom. The Morgan fingerprint density at radius 2 is 1.72 bits per heavy atom. The van der Waals surface area contributed by atoms with Crippen molar-refractivity contribution < 1.29 is 0 Å². The lowest BCUT2D eigenvalue weighted by atomic mass is 9.92. The molecule has 0 N–H and O–H groups in total. The van der Waals surface area contributed by atoms with Gasteiger partial charge in [0, 0.05) is 62.6 Å². The molecule has 0 amide bonds. The van der Waals surface area contributed by atoms with Gasteiger partial charge in [-0.3, -0.25) is 9.97 Å². The van der Waals surface area contributed by atoms with E-state index in [0.29, 0.717) is 5.92 Å². The fraction of sp³-hybridized carbons (Fsp3) is 0.217. The lowest BCUT2D eigenvalue weighted by molar-refractivity contribution is 0.509. The zero-order chi connectivity index (χ0) is 19.8. The Labute approximate surface area is 169 Å². The average molecular weight is 382 g/mol. The van der Waals surface area contributed by atoms with Crippen LogP contribution >= 0.6 is 0 Å². The molecule has 0 radical (unpaired) electrons. The summed E-state index contributed by atoms with van der Waals surface area (Å²) in [5, 5.41) is 1.17. The molecule has 0 aliphatic carbocycles. The van der Waals surface area contributed by atoms with Gasteiger partial charge in [-0.15, -0.1) is 0 Å². The minimum atomic E-state index is 0.334. The molecule has 6 heteroatoms. The number of fused-ring (bicyclic) bond motifs is 1. The van der Waals surface area contributed by atoms with E-state index in [-0.39, 0.29) is 0 Å². The second-order valence-electron chi connectivity index (χ2n) is 7.55. The Kier molecular flexibility index (Phi) is 4.31. The number of nitrogens with zero attached hydrogens (tertiary/aromatic N) is 6. The molecular formula is C23H22N6. The van der Waals surface area contributed by atoms with Gasteiger partial charge in [-0.25, -0.2) is 9.97 Å². The average Bonchev–Trinajstić information content (AvgIpc) is 2.73. The molecule has 0 spiro atoms. The standard InChI is InChI=1S/C23H22N6/c1-28(2)20-9-8-17(13-26-20)22-23(25-12-11-24-22)18-14-29(15-18)21-10-7-16-5-3-4-6-19(16)27-21/h3-13,18H,14-15H2,1-2H3. The maximum absolute atomic E-state index is 4.81. The molecule has 3 aromatic heterocycles. The molecule has 4 heterocycles. The van der Waals surface area contributed by atoms with Gasteiger partial charge in [-0.1, -0.05) is 18.2 Å². The lowest BCUT2D eigenvalue weighted by Gasteiger charge is -2.40. The molecule has 0 saturated carbocycles. The normalized spacial score (nSPS) is 14.1. The van der Waals surface area contributed by atoms with Gasteiger partial charge in [-0.2, -0.15) is 0 Å². The largest absolute Gasteiger partial charge is 0.363 e. The minimum absolute atomic E-state index is 0.334. The minimum Gasteiger partial charge on any atom is -0.363 e. The van der Waals surface area contributed by atoms with Crippen LogP contribution in [0.4, 0.5) is 11.6 Å².